The lowest BCUT2D eigenvalue weighted by molar-refractivity contribution is -0.156. The van der Waals surface area contributed by atoms with Gasteiger partial charge in [0, 0.05) is 5.02 Å². The van der Waals surface area contributed by atoms with Gasteiger partial charge in [0.1, 0.15) is 5.75 Å². The Morgan fingerprint density at radius 2 is 1.76 bits per heavy atom. The molecule has 0 fully saturated rings. The first-order chi connectivity index (χ1) is 11.8. The number of carbonyl (C=O) groups excluding carboxylic acids is 1. The maximum Gasteiger partial charge on any atom is 0.329 e. The summed E-state index contributed by atoms with van der Waals surface area (Å²) in [6.45, 7) is 0. The third-order valence-electron chi connectivity index (χ3n) is 2.91. The van der Waals surface area contributed by atoms with Gasteiger partial charge in [0.15, 0.2) is 0 Å². The highest BCUT2D eigenvalue weighted by Gasteiger charge is 2.36. The Morgan fingerprint density at radius 1 is 1.08 bits per heavy atom. The lowest BCUT2D eigenvalue weighted by Crippen LogP contribution is -2.46. The van der Waals surface area contributed by atoms with E-state index in [2.05, 4.69) is 5.48 Å². The monoisotopic (exact) mass is 441 g/mol. The van der Waals surface area contributed by atoms with Gasteiger partial charge in [-0.1, -0.05) is 88.3 Å². The van der Waals surface area contributed by atoms with E-state index < -0.39 is 16.0 Å². The van der Waals surface area contributed by atoms with Crippen LogP contribution in [0.25, 0.3) is 0 Å². The Balaban J connectivity index is 1.99. The van der Waals surface area contributed by atoms with Crippen molar-refractivity contribution in [2.75, 3.05) is 0 Å². The average Bonchev–Trinajstić information content (AvgIpc) is 2.53. The number of hydrogen-bond acceptors (Lipinski definition) is 4. The van der Waals surface area contributed by atoms with Crippen LogP contribution >= 0.6 is 58.0 Å². The van der Waals surface area contributed by atoms with Crippen molar-refractivity contribution >= 4 is 64.0 Å². The molecular formula is C16H12Cl5NO3. The smallest absolute Gasteiger partial charge is 0.329 e. The summed E-state index contributed by atoms with van der Waals surface area (Å²) in [6, 6.07) is 13.6. The van der Waals surface area contributed by atoms with Crippen LogP contribution in [0, 0.1) is 0 Å². The standard InChI is InChI=1S/C16H12Cl5NO3/c17-11-6-7-13(12(18)9-11)24-15(16(19,20)21)22-25-14(23)8-10-4-2-1-3-5-10/h1-7,9,15,22H,8H2/t15-/m1/s1. The molecule has 2 aromatic carbocycles. The fourth-order valence-corrected chi connectivity index (χ4v) is 2.49. The predicted molar refractivity (Wildman–Crippen MR) is 101 cm³/mol. The minimum atomic E-state index is -1.93. The Hall–Kier alpha value is -0.880. The van der Waals surface area contributed by atoms with Gasteiger partial charge in [-0.2, -0.15) is 0 Å². The first-order valence-corrected chi connectivity index (χ1v) is 8.82. The molecule has 0 radical (unpaired) electrons. The quantitative estimate of drug-likeness (QED) is 0.371. The molecule has 1 N–H and O–H groups in total. The van der Waals surface area contributed by atoms with Gasteiger partial charge in [-0.25, -0.2) is 0 Å². The van der Waals surface area contributed by atoms with Gasteiger partial charge in [-0.15, -0.1) is 5.48 Å². The summed E-state index contributed by atoms with van der Waals surface area (Å²) in [5.41, 5.74) is 3.09. The first kappa shape index (κ1) is 20.4. The maximum atomic E-state index is 11.9. The second-order valence-electron chi connectivity index (χ2n) is 4.87. The van der Waals surface area contributed by atoms with Crippen molar-refractivity contribution < 1.29 is 14.4 Å². The van der Waals surface area contributed by atoms with Crippen molar-refractivity contribution in [3.05, 3.63) is 64.1 Å². The molecular weight excluding hydrogens is 431 g/mol. The fourth-order valence-electron chi connectivity index (χ4n) is 1.77. The van der Waals surface area contributed by atoms with Gasteiger partial charge >= 0.3 is 5.97 Å². The van der Waals surface area contributed by atoms with Crippen LogP contribution in [0.15, 0.2) is 48.5 Å². The van der Waals surface area contributed by atoms with Gasteiger partial charge in [-0.05, 0) is 23.8 Å². The maximum absolute atomic E-state index is 11.9. The Morgan fingerprint density at radius 3 is 2.36 bits per heavy atom. The number of hydrogen-bond donors (Lipinski definition) is 1. The summed E-state index contributed by atoms with van der Waals surface area (Å²) in [6.07, 6.45) is -1.25. The normalized spacial score (nSPS) is 12.5. The largest absolute Gasteiger partial charge is 0.466 e. The van der Waals surface area contributed by atoms with E-state index in [-0.39, 0.29) is 17.2 Å². The molecule has 1 atom stereocenters. The van der Waals surface area contributed by atoms with Crippen LogP contribution in [-0.2, 0) is 16.1 Å². The number of benzene rings is 2. The van der Waals surface area contributed by atoms with Crippen LogP contribution in [0.1, 0.15) is 5.56 Å². The Bertz CT molecular complexity index is 721. The molecule has 0 aliphatic carbocycles. The van der Waals surface area contributed by atoms with E-state index in [1.807, 2.05) is 18.2 Å². The van der Waals surface area contributed by atoms with Crippen LogP contribution in [-0.4, -0.2) is 16.0 Å². The first-order valence-electron chi connectivity index (χ1n) is 6.93. The Kier molecular flexibility index (Phi) is 7.50. The SMILES string of the molecule is O=C(Cc1ccccc1)ON[C@H](Oc1ccc(Cl)cc1Cl)C(Cl)(Cl)Cl. The number of nitrogens with one attached hydrogen (secondary N) is 1. The summed E-state index contributed by atoms with van der Waals surface area (Å²) in [5.74, 6) is -0.370. The molecule has 0 aliphatic heterocycles. The molecule has 2 aromatic rings. The molecule has 0 bridgehead atoms. The summed E-state index contributed by atoms with van der Waals surface area (Å²) in [5, 5.41) is 0.634. The number of rotatable bonds is 6. The highest BCUT2D eigenvalue weighted by atomic mass is 35.6. The van der Waals surface area contributed by atoms with Gasteiger partial charge in [0.2, 0.25) is 10.0 Å². The van der Waals surface area contributed by atoms with Crippen molar-refractivity contribution in [1.82, 2.24) is 5.48 Å². The molecule has 0 unspecified atom stereocenters. The van der Waals surface area contributed by atoms with Crippen molar-refractivity contribution in [2.45, 2.75) is 16.4 Å². The second-order valence-corrected chi connectivity index (χ2v) is 8.08. The van der Waals surface area contributed by atoms with Gasteiger partial charge in [-0.3, -0.25) is 4.79 Å². The molecule has 0 spiro atoms. The fraction of sp³-hybridized carbons (Fsp3) is 0.188. The molecule has 0 aliphatic rings. The lowest BCUT2D eigenvalue weighted by Gasteiger charge is -2.25. The zero-order chi connectivity index (χ0) is 18.4. The minimum Gasteiger partial charge on any atom is -0.466 e. The van der Waals surface area contributed by atoms with Crippen LogP contribution in [0.3, 0.4) is 0 Å². The molecule has 0 saturated carbocycles. The molecule has 0 amide bonds. The topological polar surface area (TPSA) is 47.6 Å². The van der Waals surface area contributed by atoms with Crippen LogP contribution in [0.5, 0.6) is 5.75 Å². The highest BCUT2D eigenvalue weighted by molar-refractivity contribution is 6.68. The molecule has 4 nitrogen and oxygen atoms in total. The summed E-state index contributed by atoms with van der Waals surface area (Å²) >= 11 is 29.4. The number of carbonyl (C=O) groups is 1. The zero-order valence-corrected chi connectivity index (χ0v) is 16.3. The van der Waals surface area contributed by atoms with Gasteiger partial charge in [0.25, 0.3) is 0 Å². The average molecular weight is 444 g/mol. The molecule has 9 heteroatoms. The lowest BCUT2D eigenvalue weighted by atomic mass is 10.2. The number of alkyl halides is 3. The number of hydroxylamine groups is 1. The van der Waals surface area contributed by atoms with Crippen molar-refractivity contribution in [3.63, 3.8) is 0 Å². The molecule has 25 heavy (non-hydrogen) atoms. The highest BCUT2D eigenvalue weighted by Crippen LogP contribution is 2.35. The number of halogens is 5. The zero-order valence-electron chi connectivity index (χ0n) is 12.5. The van der Waals surface area contributed by atoms with E-state index in [1.165, 1.54) is 12.1 Å². The molecule has 2 rings (SSSR count). The van der Waals surface area contributed by atoms with E-state index >= 15 is 0 Å². The van der Waals surface area contributed by atoms with E-state index in [9.17, 15) is 4.79 Å². The van der Waals surface area contributed by atoms with Crippen molar-refractivity contribution in [2.24, 2.45) is 0 Å². The van der Waals surface area contributed by atoms with Crippen LogP contribution in [0.2, 0.25) is 10.0 Å². The third kappa shape index (κ3) is 6.74. The molecule has 134 valence electrons. The third-order valence-corrected chi connectivity index (χ3v) is 4.03. The van der Waals surface area contributed by atoms with E-state index in [1.54, 1.807) is 18.2 Å². The van der Waals surface area contributed by atoms with Gasteiger partial charge in [0.05, 0.1) is 11.4 Å². The van der Waals surface area contributed by atoms with E-state index in [0.717, 1.165) is 5.56 Å². The van der Waals surface area contributed by atoms with Gasteiger partial charge < -0.3 is 9.57 Å². The van der Waals surface area contributed by atoms with Crippen LogP contribution in [0.4, 0.5) is 0 Å². The molecule has 0 heterocycles. The van der Waals surface area contributed by atoms with Crippen molar-refractivity contribution in [3.8, 4) is 5.75 Å². The second kappa shape index (κ2) is 9.17. The summed E-state index contributed by atoms with van der Waals surface area (Å²) in [7, 11) is 0. The molecule has 0 saturated heterocycles. The Labute approximate surface area is 169 Å². The number of ether oxygens (including phenoxy) is 1. The minimum absolute atomic E-state index is 0.0438. The molecule has 0 aromatic heterocycles. The van der Waals surface area contributed by atoms with E-state index in [0.29, 0.717) is 5.02 Å². The van der Waals surface area contributed by atoms with Crippen molar-refractivity contribution in [1.29, 1.82) is 0 Å². The predicted octanol–water partition coefficient (Wildman–Crippen LogP) is 5.36. The van der Waals surface area contributed by atoms with Crippen LogP contribution < -0.4 is 10.2 Å². The summed E-state index contributed by atoms with van der Waals surface area (Å²) < 4.78 is 3.56. The summed E-state index contributed by atoms with van der Waals surface area (Å²) in [4.78, 5) is 16.8. The van der Waals surface area contributed by atoms with E-state index in [4.69, 9.17) is 67.6 Å².